The molecular weight excluding hydrogens is 542 g/mol. The summed E-state index contributed by atoms with van der Waals surface area (Å²) in [4.78, 5) is 30.1. The van der Waals surface area contributed by atoms with Crippen LogP contribution in [-0.4, -0.2) is 53.7 Å². The van der Waals surface area contributed by atoms with E-state index in [0.29, 0.717) is 32.7 Å². The van der Waals surface area contributed by atoms with E-state index < -0.39 is 16.9 Å². The van der Waals surface area contributed by atoms with E-state index in [0.717, 1.165) is 19.3 Å². The van der Waals surface area contributed by atoms with Crippen molar-refractivity contribution in [3.63, 3.8) is 0 Å². The van der Waals surface area contributed by atoms with Crippen LogP contribution in [0.4, 0.5) is 0 Å². The van der Waals surface area contributed by atoms with Gasteiger partial charge in [0.2, 0.25) is 0 Å². The lowest BCUT2D eigenvalue weighted by molar-refractivity contribution is -0.398. The highest BCUT2D eigenvalue weighted by Crippen LogP contribution is 2.52. The molecule has 0 aromatic heterocycles. The van der Waals surface area contributed by atoms with Crippen LogP contribution in [0.2, 0.25) is 0 Å². The van der Waals surface area contributed by atoms with E-state index in [2.05, 4.69) is 48.5 Å². The molecule has 252 valence electrons. The summed E-state index contributed by atoms with van der Waals surface area (Å²) in [6.07, 6.45) is 21.5. The number of nitrogens with zero attached hydrogens (tertiary/aromatic N) is 1. The molecule has 1 atom stereocenters. The molecule has 0 radical (unpaired) electrons. The van der Waals surface area contributed by atoms with Gasteiger partial charge in [-0.1, -0.05) is 111 Å². The maximum absolute atomic E-state index is 12.6. The molecule has 0 saturated carbocycles. The molecule has 2 fully saturated rings. The van der Waals surface area contributed by atoms with Crippen molar-refractivity contribution in [2.75, 3.05) is 19.8 Å². The molecule has 1 spiro atoms. The van der Waals surface area contributed by atoms with Crippen molar-refractivity contribution in [3.05, 3.63) is 0 Å². The average molecular weight is 610 g/mol. The fraction of sp³-hybridized carbons (Fsp3) is 0.944. The number of carbonyl (C=O) groups excluding carboxylic acids is 2. The van der Waals surface area contributed by atoms with E-state index >= 15 is 0 Å². The second-order valence-electron chi connectivity index (χ2n) is 14.8. The molecule has 0 bridgehead atoms. The number of esters is 1. The van der Waals surface area contributed by atoms with E-state index in [1.54, 1.807) is 0 Å². The molecule has 7 nitrogen and oxygen atoms in total. The summed E-state index contributed by atoms with van der Waals surface area (Å²) < 4.78 is 19.0. The van der Waals surface area contributed by atoms with Crippen molar-refractivity contribution in [2.45, 2.75) is 188 Å². The minimum absolute atomic E-state index is 0.0603. The quantitative estimate of drug-likeness (QED) is 0.101. The summed E-state index contributed by atoms with van der Waals surface area (Å²) in [6, 6.07) is 0. The van der Waals surface area contributed by atoms with Gasteiger partial charge < -0.3 is 19.0 Å². The zero-order valence-electron chi connectivity index (χ0n) is 29.3. The van der Waals surface area contributed by atoms with Crippen molar-refractivity contribution in [1.29, 1.82) is 0 Å². The van der Waals surface area contributed by atoms with E-state index in [1.807, 2.05) is 5.06 Å². The van der Waals surface area contributed by atoms with Crippen molar-refractivity contribution in [3.8, 4) is 0 Å². The largest absolute Gasteiger partial charge is 0.465 e. The minimum Gasteiger partial charge on any atom is -0.465 e. The van der Waals surface area contributed by atoms with Crippen LogP contribution >= 0.6 is 0 Å². The number of hydrogen-bond acceptors (Lipinski definition) is 7. The zero-order chi connectivity index (χ0) is 32.0. The monoisotopic (exact) mass is 609 g/mol. The first-order chi connectivity index (χ1) is 20.3. The maximum atomic E-state index is 12.6. The van der Waals surface area contributed by atoms with Crippen LogP contribution in [0, 0.1) is 11.3 Å². The molecule has 43 heavy (non-hydrogen) atoms. The van der Waals surface area contributed by atoms with Crippen LogP contribution in [0.15, 0.2) is 0 Å². The number of piperidine rings is 1. The minimum atomic E-state index is -0.791. The van der Waals surface area contributed by atoms with Gasteiger partial charge in [0.1, 0.15) is 6.61 Å². The summed E-state index contributed by atoms with van der Waals surface area (Å²) in [6.45, 7) is 17.4. The van der Waals surface area contributed by atoms with Gasteiger partial charge in [-0.2, -0.15) is 0 Å². The van der Waals surface area contributed by atoms with E-state index in [4.69, 9.17) is 19.0 Å². The van der Waals surface area contributed by atoms with Crippen molar-refractivity contribution < 1.29 is 28.6 Å². The number of rotatable bonds is 20. The van der Waals surface area contributed by atoms with E-state index in [9.17, 15) is 9.59 Å². The SMILES string of the molecule is CCCCCCCCCCCCCCCCCC(=O)OCC1(CC)COC2(CC(C)(C)N(OC(C)=O)C(C)(C)C2C)OC1. The molecule has 2 heterocycles. The number of carbonyl (C=O) groups is 2. The highest BCUT2D eigenvalue weighted by atomic mass is 16.7. The Morgan fingerprint density at radius 2 is 1.23 bits per heavy atom. The molecule has 0 aromatic carbocycles. The third-order valence-electron chi connectivity index (χ3n) is 10.2. The summed E-state index contributed by atoms with van der Waals surface area (Å²) in [7, 11) is 0. The standard InChI is InChI=1S/C36H67NO6/c1-9-11-12-13-14-15-16-17-18-19-20-21-22-23-24-25-32(39)40-27-35(10-2)28-41-36(42-29-35)26-33(5,6)37(43-31(4)38)34(7,8)30(36)3/h30H,9-29H2,1-8H3. The number of unbranched alkanes of at least 4 members (excludes halogenated alkanes) is 14. The van der Waals surface area contributed by atoms with Gasteiger partial charge in [-0.25, -0.2) is 0 Å². The zero-order valence-corrected chi connectivity index (χ0v) is 29.3. The van der Waals surface area contributed by atoms with Crippen LogP contribution in [0.1, 0.15) is 171 Å². The fourth-order valence-corrected chi connectivity index (χ4v) is 7.01. The van der Waals surface area contributed by atoms with Crippen LogP contribution in [0.25, 0.3) is 0 Å². The molecule has 2 aliphatic rings. The van der Waals surface area contributed by atoms with Crippen LogP contribution in [-0.2, 0) is 28.6 Å². The number of hydroxylamine groups is 2. The molecule has 0 N–H and O–H groups in total. The van der Waals surface area contributed by atoms with Crippen molar-refractivity contribution in [2.24, 2.45) is 11.3 Å². The lowest BCUT2D eigenvalue weighted by Crippen LogP contribution is -2.72. The Morgan fingerprint density at radius 1 is 0.767 bits per heavy atom. The second kappa shape index (κ2) is 18.1. The third kappa shape index (κ3) is 11.6. The molecule has 0 amide bonds. The predicted molar refractivity (Wildman–Crippen MR) is 173 cm³/mol. The fourth-order valence-electron chi connectivity index (χ4n) is 7.01. The van der Waals surface area contributed by atoms with E-state index in [1.165, 1.54) is 90.4 Å². The Morgan fingerprint density at radius 3 is 1.67 bits per heavy atom. The average Bonchev–Trinajstić information content (AvgIpc) is 2.96. The lowest BCUT2D eigenvalue weighted by atomic mass is 9.69. The Hall–Kier alpha value is -1.18. The Kier molecular flexibility index (Phi) is 16.0. The maximum Gasteiger partial charge on any atom is 0.322 e. The molecule has 2 aliphatic heterocycles. The first kappa shape index (κ1) is 38.0. The van der Waals surface area contributed by atoms with Gasteiger partial charge in [0.25, 0.3) is 0 Å². The first-order valence-corrected chi connectivity index (χ1v) is 17.8. The Balaban J connectivity index is 1.64. The summed E-state index contributed by atoms with van der Waals surface area (Å²) >= 11 is 0. The molecule has 2 saturated heterocycles. The molecular formula is C36H67NO6. The molecule has 1 unspecified atom stereocenters. The first-order valence-electron chi connectivity index (χ1n) is 17.8. The van der Waals surface area contributed by atoms with Crippen LogP contribution in [0.5, 0.6) is 0 Å². The predicted octanol–water partition coefficient (Wildman–Crippen LogP) is 9.31. The Bertz CT molecular complexity index is 817. The van der Waals surface area contributed by atoms with Gasteiger partial charge in [0, 0.05) is 25.7 Å². The van der Waals surface area contributed by atoms with Gasteiger partial charge in [-0.3, -0.25) is 9.59 Å². The number of ether oxygens (including phenoxy) is 3. The third-order valence-corrected chi connectivity index (χ3v) is 10.2. The molecule has 0 aliphatic carbocycles. The second-order valence-corrected chi connectivity index (χ2v) is 14.8. The van der Waals surface area contributed by atoms with Crippen LogP contribution < -0.4 is 0 Å². The normalized spacial score (nSPS) is 26.8. The van der Waals surface area contributed by atoms with Crippen molar-refractivity contribution in [1.82, 2.24) is 5.06 Å². The van der Waals surface area contributed by atoms with Gasteiger partial charge in [0.15, 0.2) is 5.79 Å². The Labute approximate surface area is 264 Å². The lowest BCUT2D eigenvalue weighted by Gasteiger charge is -2.62. The summed E-state index contributed by atoms with van der Waals surface area (Å²) in [5.74, 6) is -1.30. The summed E-state index contributed by atoms with van der Waals surface area (Å²) in [5, 5.41) is 1.81. The van der Waals surface area contributed by atoms with Gasteiger partial charge in [0.05, 0.1) is 29.7 Å². The number of hydrogen-bond donors (Lipinski definition) is 0. The highest BCUT2D eigenvalue weighted by Gasteiger charge is 2.62. The highest BCUT2D eigenvalue weighted by molar-refractivity contribution is 5.69. The molecule has 2 rings (SSSR count). The summed E-state index contributed by atoms with van der Waals surface area (Å²) in [5.41, 5.74) is -1.33. The van der Waals surface area contributed by atoms with Gasteiger partial charge in [-0.05, 0) is 40.5 Å². The molecule has 7 heteroatoms. The topological polar surface area (TPSA) is 74.3 Å². The smallest absolute Gasteiger partial charge is 0.322 e. The molecule has 0 aromatic rings. The van der Waals surface area contributed by atoms with Crippen molar-refractivity contribution >= 4 is 11.9 Å². The van der Waals surface area contributed by atoms with Crippen LogP contribution in [0.3, 0.4) is 0 Å². The van der Waals surface area contributed by atoms with Gasteiger partial charge in [-0.15, -0.1) is 5.06 Å². The van der Waals surface area contributed by atoms with Gasteiger partial charge >= 0.3 is 11.9 Å². The van der Waals surface area contributed by atoms with E-state index in [-0.39, 0.29) is 23.3 Å².